The average Bonchev–Trinajstić information content (AvgIpc) is 3.50. The zero-order valence-corrected chi connectivity index (χ0v) is 22.4. The molecule has 0 aliphatic carbocycles. The highest BCUT2D eigenvalue weighted by atomic mass is 35.5. The van der Waals surface area contributed by atoms with E-state index in [1.165, 1.54) is 30.0 Å². The smallest absolute Gasteiger partial charge is 0.435 e. The Morgan fingerprint density at radius 3 is 2.42 bits per heavy atom. The third kappa shape index (κ3) is 4.67. The predicted octanol–water partition coefficient (Wildman–Crippen LogP) is 3.97. The van der Waals surface area contributed by atoms with Crippen LogP contribution in [0.3, 0.4) is 0 Å². The summed E-state index contributed by atoms with van der Waals surface area (Å²) < 4.78 is 96.0. The summed E-state index contributed by atoms with van der Waals surface area (Å²) >= 11 is 6.01. The van der Waals surface area contributed by atoms with Crippen LogP contribution >= 0.6 is 11.6 Å². The Morgan fingerprint density at radius 1 is 1.00 bits per heavy atom. The molecule has 0 radical (unpaired) electrons. The Bertz CT molecular complexity index is 2070. The quantitative estimate of drug-likeness (QED) is 0.277. The molecule has 208 valence electrons. The molecule has 3 heterocycles. The van der Waals surface area contributed by atoms with Crippen molar-refractivity contribution in [3.05, 3.63) is 76.4 Å². The maximum absolute atomic E-state index is 13.1. The van der Waals surface area contributed by atoms with Gasteiger partial charge in [-0.05, 0) is 48.5 Å². The number of pyridine rings is 1. The molecule has 17 heteroatoms. The fraction of sp³-hybridized carbons (Fsp3) is 0.130. The first-order chi connectivity index (χ1) is 18.7. The van der Waals surface area contributed by atoms with Gasteiger partial charge >= 0.3 is 11.2 Å². The molecule has 2 aromatic carbocycles. The molecular formula is C23H15ClF3N5O6S2. The maximum Gasteiger partial charge on any atom is 0.501 e. The molecule has 0 aliphatic heterocycles. The summed E-state index contributed by atoms with van der Waals surface area (Å²) in [4.78, 5) is 19.9. The van der Waals surface area contributed by atoms with E-state index in [-0.39, 0.29) is 33.3 Å². The Balaban J connectivity index is 1.68. The van der Waals surface area contributed by atoms with Gasteiger partial charge in [-0.3, -0.25) is 0 Å². The van der Waals surface area contributed by atoms with Gasteiger partial charge in [0.2, 0.25) is 5.89 Å². The van der Waals surface area contributed by atoms with Crippen LogP contribution in [0.4, 0.5) is 13.2 Å². The van der Waals surface area contributed by atoms with Crippen LogP contribution in [-0.4, -0.2) is 52.4 Å². The molecular weight excluding hydrogens is 599 g/mol. The Morgan fingerprint density at radius 2 is 1.75 bits per heavy atom. The minimum absolute atomic E-state index is 0.126. The minimum Gasteiger partial charge on any atom is -0.435 e. The molecule has 3 aromatic heterocycles. The fourth-order valence-electron chi connectivity index (χ4n) is 3.69. The summed E-state index contributed by atoms with van der Waals surface area (Å²) in [6.45, 7) is 1.38. The third-order valence-electron chi connectivity index (χ3n) is 5.71. The van der Waals surface area contributed by atoms with Crippen molar-refractivity contribution < 1.29 is 34.4 Å². The van der Waals surface area contributed by atoms with Crippen molar-refractivity contribution in [3.8, 4) is 23.1 Å². The number of halogens is 4. The molecule has 0 aliphatic rings. The van der Waals surface area contributed by atoms with E-state index in [0.717, 1.165) is 16.8 Å². The molecule has 5 aromatic rings. The molecule has 11 nitrogen and oxygen atoms in total. The molecule has 5 rings (SSSR count). The number of aromatic nitrogens is 5. The first-order valence-corrected chi connectivity index (χ1v) is 14.6. The Labute approximate surface area is 228 Å². The fourth-order valence-corrected chi connectivity index (χ4v) is 5.67. The zero-order chi connectivity index (χ0) is 29.0. The second-order valence-corrected chi connectivity index (χ2v) is 12.8. The second-order valence-electron chi connectivity index (χ2n) is 8.19. The maximum atomic E-state index is 13.1. The van der Waals surface area contributed by atoms with E-state index in [1.807, 2.05) is 0 Å². The van der Waals surface area contributed by atoms with Crippen LogP contribution < -0.4 is 5.69 Å². The summed E-state index contributed by atoms with van der Waals surface area (Å²) in [6, 6.07) is 11.1. The summed E-state index contributed by atoms with van der Waals surface area (Å²) in [7, 11) is -9.63. The van der Waals surface area contributed by atoms with Gasteiger partial charge in [0.1, 0.15) is 17.5 Å². The lowest BCUT2D eigenvalue weighted by Gasteiger charge is -2.08. The lowest BCUT2D eigenvalue weighted by Crippen LogP contribution is -2.23. The molecule has 0 atom stereocenters. The van der Waals surface area contributed by atoms with Gasteiger partial charge in [-0.1, -0.05) is 24.6 Å². The number of alkyl halides is 3. The van der Waals surface area contributed by atoms with Crippen LogP contribution in [0.25, 0.3) is 34.2 Å². The van der Waals surface area contributed by atoms with Crippen LogP contribution in [0.5, 0.6) is 0 Å². The number of hydrogen-bond acceptors (Lipinski definition) is 9. The topological polar surface area (TPSA) is 147 Å². The molecule has 0 fully saturated rings. The summed E-state index contributed by atoms with van der Waals surface area (Å²) in [5.41, 5.74) is -6.61. The molecule has 0 spiro atoms. The number of hydrogen-bond donors (Lipinski definition) is 0. The number of benzene rings is 2. The van der Waals surface area contributed by atoms with Crippen molar-refractivity contribution >= 4 is 42.4 Å². The van der Waals surface area contributed by atoms with E-state index >= 15 is 0 Å². The van der Waals surface area contributed by atoms with E-state index in [9.17, 15) is 34.8 Å². The molecule has 0 saturated heterocycles. The largest absolute Gasteiger partial charge is 0.501 e. The molecule has 0 saturated carbocycles. The van der Waals surface area contributed by atoms with Crippen LogP contribution in [-0.2, 0) is 19.7 Å². The van der Waals surface area contributed by atoms with Gasteiger partial charge in [0.25, 0.3) is 9.84 Å². The highest BCUT2D eigenvalue weighted by molar-refractivity contribution is 7.92. The van der Waals surface area contributed by atoms with Crippen LogP contribution in [0.15, 0.2) is 79.9 Å². The molecule has 40 heavy (non-hydrogen) atoms. The van der Waals surface area contributed by atoms with Gasteiger partial charge < -0.3 is 4.42 Å². The average molecular weight is 614 g/mol. The lowest BCUT2D eigenvalue weighted by atomic mass is 10.3. The highest BCUT2D eigenvalue weighted by Gasteiger charge is 2.47. The Hall–Kier alpha value is -4.02. The van der Waals surface area contributed by atoms with Crippen LogP contribution in [0.1, 0.15) is 6.92 Å². The first kappa shape index (κ1) is 27.5. The van der Waals surface area contributed by atoms with Crippen molar-refractivity contribution in [2.24, 2.45) is 0 Å². The summed E-state index contributed by atoms with van der Waals surface area (Å²) in [6.07, 6.45) is 1.20. The van der Waals surface area contributed by atoms with Gasteiger partial charge in [-0.2, -0.15) is 23.0 Å². The zero-order valence-electron chi connectivity index (χ0n) is 20.0. The third-order valence-corrected chi connectivity index (χ3v) is 9.19. The second kappa shape index (κ2) is 9.57. The van der Waals surface area contributed by atoms with Gasteiger partial charge in [0.05, 0.1) is 21.2 Å². The standard InChI is InChI=1S/C23H15ClF3N5O6S2/c1-2-39(34,35)18-8-9-19(32-22(33)31(12-28-32)14-5-3-4-13(24)10-14)30-20(18)21-29-16-11-15(6-7-17(16)38-21)40(36,37)23(25,26)27/h3-12H,2H2,1H3. The van der Waals surface area contributed by atoms with Gasteiger partial charge in [0.15, 0.2) is 21.2 Å². The number of rotatable bonds is 6. The van der Waals surface area contributed by atoms with E-state index in [4.69, 9.17) is 16.0 Å². The van der Waals surface area contributed by atoms with Gasteiger partial charge in [0, 0.05) is 5.02 Å². The van der Waals surface area contributed by atoms with Crippen LogP contribution in [0, 0.1) is 0 Å². The number of sulfone groups is 2. The monoisotopic (exact) mass is 613 g/mol. The predicted molar refractivity (Wildman–Crippen MR) is 136 cm³/mol. The van der Waals surface area contributed by atoms with E-state index < -0.39 is 41.7 Å². The van der Waals surface area contributed by atoms with Crippen molar-refractivity contribution in [3.63, 3.8) is 0 Å². The molecule has 0 unspecified atom stereocenters. The minimum atomic E-state index is -5.68. The molecule has 0 N–H and O–H groups in total. The SMILES string of the molecule is CCS(=O)(=O)c1ccc(-n2ncn(-c3cccc(Cl)c3)c2=O)nc1-c1nc2cc(S(=O)(=O)C(F)(F)F)ccc2o1. The van der Waals surface area contributed by atoms with Crippen molar-refractivity contribution in [1.82, 2.24) is 24.3 Å². The molecule has 0 amide bonds. The van der Waals surface area contributed by atoms with Crippen molar-refractivity contribution in [2.45, 2.75) is 22.2 Å². The van der Waals surface area contributed by atoms with E-state index in [2.05, 4.69) is 15.1 Å². The summed E-state index contributed by atoms with van der Waals surface area (Å²) in [5, 5.41) is 4.40. The van der Waals surface area contributed by atoms with Gasteiger partial charge in [-0.25, -0.2) is 36.2 Å². The van der Waals surface area contributed by atoms with Crippen molar-refractivity contribution in [2.75, 3.05) is 5.75 Å². The van der Waals surface area contributed by atoms with E-state index in [0.29, 0.717) is 22.8 Å². The van der Waals surface area contributed by atoms with Gasteiger partial charge in [-0.15, -0.1) is 0 Å². The number of nitrogens with zero attached hydrogens (tertiary/aromatic N) is 5. The Kier molecular flexibility index (Phi) is 6.59. The first-order valence-electron chi connectivity index (χ1n) is 11.1. The van der Waals surface area contributed by atoms with Crippen molar-refractivity contribution in [1.29, 1.82) is 0 Å². The normalized spacial score (nSPS) is 12.7. The van der Waals surface area contributed by atoms with E-state index in [1.54, 1.807) is 18.2 Å². The summed E-state index contributed by atoms with van der Waals surface area (Å²) in [5.74, 6) is -0.912. The van der Waals surface area contributed by atoms with Crippen LogP contribution in [0.2, 0.25) is 5.02 Å². The molecule has 0 bridgehead atoms. The highest BCUT2D eigenvalue weighted by Crippen LogP contribution is 2.34. The number of oxazole rings is 1. The lowest BCUT2D eigenvalue weighted by molar-refractivity contribution is -0.0436. The number of fused-ring (bicyclic) bond motifs is 1.